The monoisotopic (exact) mass is 288 g/mol. The van der Waals surface area contributed by atoms with E-state index in [1.807, 2.05) is 0 Å². The molecule has 0 saturated heterocycles. The zero-order chi connectivity index (χ0) is 14.6. The lowest BCUT2D eigenvalue weighted by Crippen LogP contribution is -2.41. The summed E-state index contributed by atoms with van der Waals surface area (Å²) in [5, 5.41) is 26.4. The first-order valence-corrected chi connectivity index (χ1v) is 5.32. The van der Waals surface area contributed by atoms with E-state index < -0.39 is 30.1 Å². The van der Waals surface area contributed by atoms with E-state index >= 15 is 0 Å². The fourth-order valence-electron chi connectivity index (χ4n) is 1.10. The third kappa shape index (κ3) is 3.75. The molecule has 0 spiro atoms. The Morgan fingerprint density at radius 2 is 1.68 bits per heavy atom. The van der Waals surface area contributed by atoms with Crippen LogP contribution in [-0.2, 0) is 14.3 Å². The van der Waals surface area contributed by atoms with Gasteiger partial charge in [0.25, 0.3) is 0 Å². The maximum atomic E-state index is 11.5. The molecule has 1 aromatic rings. The molecule has 102 valence electrons. The molecule has 19 heavy (non-hydrogen) atoms. The minimum absolute atomic E-state index is 0.0218. The first kappa shape index (κ1) is 15.1. The highest BCUT2D eigenvalue weighted by atomic mass is 35.5. The average molecular weight is 289 g/mol. The molecule has 1 aromatic carbocycles. The van der Waals surface area contributed by atoms with Crippen molar-refractivity contribution in [1.29, 1.82) is 0 Å². The second-order valence-electron chi connectivity index (χ2n) is 3.42. The van der Waals surface area contributed by atoms with Gasteiger partial charge in [-0.3, -0.25) is 0 Å². The second-order valence-corrected chi connectivity index (χ2v) is 3.82. The van der Waals surface area contributed by atoms with Gasteiger partial charge in [0.05, 0.1) is 10.6 Å². The quantitative estimate of drug-likeness (QED) is 0.519. The van der Waals surface area contributed by atoms with E-state index in [0.717, 1.165) is 0 Å². The van der Waals surface area contributed by atoms with Gasteiger partial charge in [-0.05, 0) is 12.1 Å². The number of halogens is 1. The summed E-state index contributed by atoms with van der Waals surface area (Å²) in [5.74, 6) is -4.57. The van der Waals surface area contributed by atoms with Gasteiger partial charge < -0.3 is 20.1 Å². The zero-order valence-electron chi connectivity index (χ0n) is 9.32. The van der Waals surface area contributed by atoms with Gasteiger partial charge in [-0.2, -0.15) is 0 Å². The van der Waals surface area contributed by atoms with Gasteiger partial charge in [-0.25, -0.2) is 14.4 Å². The number of aliphatic carboxylic acids is 1. The minimum Gasteiger partial charge on any atom is -0.479 e. The number of carbonyl (C=O) groups is 3. The summed E-state index contributed by atoms with van der Waals surface area (Å²) in [5.41, 5.74) is -0.130. The van der Waals surface area contributed by atoms with Gasteiger partial charge in [0.2, 0.25) is 0 Å². The molecule has 0 heterocycles. The molecule has 8 heteroatoms. The molecule has 0 aliphatic rings. The molecule has 0 bridgehead atoms. The Balaban J connectivity index is 2.75. The summed E-state index contributed by atoms with van der Waals surface area (Å²) >= 11 is 5.68. The van der Waals surface area contributed by atoms with Crippen LogP contribution in [0.5, 0.6) is 0 Å². The first-order chi connectivity index (χ1) is 8.84. The van der Waals surface area contributed by atoms with Crippen molar-refractivity contribution >= 4 is 29.5 Å². The highest BCUT2D eigenvalue weighted by Gasteiger charge is 2.33. The van der Waals surface area contributed by atoms with Crippen LogP contribution in [-0.4, -0.2) is 45.4 Å². The molecular weight excluding hydrogens is 280 g/mol. The SMILES string of the molecule is O=C(OC(=O)C(O)C(O)C(=O)O)c1ccccc1Cl. The van der Waals surface area contributed by atoms with Gasteiger partial charge in [0.15, 0.2) is 12.2 Å². The lowest BCUT2D eigenvalue weighted by atomic mass is 10.2. The van der Waals surface area contributed by atoms with Crippen LogP contribution in [0.2, 0.25) is 5.02 Å². The number of esters is 2. The van der Waals surface area contributed by atoms with Crippen LogP contribution in [0.25, 0.3) is 0 Å². The average Bonchev–Trinajstić information content (AvgIpc) is 2.37. The minimum atomic E-state index is -2.38. The third-order valence-corrected chi connectivity index (χ3v) is 2.41. The molecule has 0 aliphatic carbocycles. The number of aliphatic hydroxyl groups excluding tert-OH is 2. The van der Waals surface area contributed by atoms with Crippen LogP contribution in [0.1, 0.15) is 10.4 Å². The second kappa shape index (κ2) is 6.28. The number of rotatable bonds is 4. The molecule has 0 radical (unpaired) electrons. The number of hydrogen-bond acceptors (Lipinski definition) is 6. The Labute approximate surface area is 112 Å². The molecule has 3 N–H and O–H groups in total. The van der Waals surface area contributed by atoms with E-state index in [1.54, 1.807) is 6.07 Å². The lowest BCUT2D eigenvalue weighted by Gasteiger charge is -2.12. The van der Waals surface area contributed by atoms with Gasteiger partial charge in [0.1, 0.15) is 0 Å². The maximum absolute atomic E-state index is 11.5. The summed E-state index contributed by atoms with van der Waals surface area (Å²) in [4.78, 5) is 33.1. The summed E-state index contributed by atoms with van der Waals surface area (Å²) in [7, 11) is 0. The van der Waals surface area contributed by atoms with Crippen molar-refractivity contribution < 1.29 is 34.4 Å². The van der Waals surface area contributed by atoms with Crippen molar-refractivity contribution in [3.63, 3.8) is 0 Å². The smallest absolute Gasteiger partial charge is 0.347 e. The molecule has 0 saturated carbocycles. The number of benzene rings is 1. The normalized spacial score (nSPS) is 13.4. The maximum Gasteiger partial charge on any atom is 0.347 e. The Morgan fingerprint density at radius 1 is 1.11 bits per heavy atom. The van der Waals surface area contributed by atoms with Crippen LogP contribution in [0.3, 0.4) is 0 Å². The van der Waals surface area contributed by atoms with E-state index in [0.29, 0.717) is 0 Å². The molecule has 1 rings (SSSR count). The largest absolute Gasteiger partial charge is 0.479 e. The fraction of sp³-hybridized carbons (Fsp3) is 0.182. The summed E-state index contributed by atoms with van der Waals surface area (Å²) < 4.78 is 4.21. The van der Waals surface area contributed by atoms with Crippen LogP contribution in [0, 0.1) is 0 Å². The van der Waals surface area contributed by atoms with Crippen LogP contribution in [0.15, 0.2) is 24.3 Å². The molecule has 7 nitrogen and oxygen atoms in total. The first-order valence-electron chi connectivity index (χ1n) is 4.94. The van der Waals surface area contributed by atoms with Gasteiger partial charge in [-0.1, -0.05) is 23.7 Å². The van der Waals surface area contributed by atoms with Crippen LogP contribution < -0.4 is 0 Å². The third-order valence-electron chi connectivity index (χ3n) is 2.08. The van der Waals surface area contributed by atoms with E-state index in [-0.39, 0.29) is 10.6 Å². The van der Waals surface area contributed by atoms with E-state index in [9.17, 15) is 14.4 Å². The number of hydrogen-bond donors (Lipinski definition) is 3. The van der Waals surface area contributed by atoms with E-state index in [2.05, 4.69) is 4.74 Å². The highest BCUT2D eigenvalue weighted by molar-refractivity contribution is 6.33. The number of carboxylic acid groups (broad SMARTS) is 1. The molecule has 0 aliphatic heterocycles. The molecular formula is C11H9ClO7. The van der Waals surface area contributed by atoms with Crippen molar-refractivity contribution in [3.05, 3.63) is 34.9 Å². The Morgan fingerprint density at radius 3 is 2.21 bits per heavy atom. The molecule has 0 aromatic heterocycles. The number of carbonyl (C=O) groups excluding carboxylic acids is 2. The summed E-state index contributed by atoms with van der Waals surface area (Å²) in [6.45, 7) is 0. The number of ether oxygens (including phenoxy) is 1. The van der Waals surface area contributed by atoms with Crippen molar-refractivity contribution in [3.8, 4) is 0 Å². The lowest BCUT2D eigenvalue weighted by molar-refractivity contribution is -0.166. The topological polar surface area (TPSA) is 121 Å². The standard InChI is InChI=1S/C11H9ClO7/c12-6-4-2-1-3-5(6)10(17)19-11(18)8(14)7(13)9(15)16/h1-4,7-8,13-14H,(H,15,16). The van der Waals surface area contributed by atoms with Crippen LogP contribution >= 0.6 is 11.6 Å². The zero-order valence-corrected chi connectivity index (χ0v) is 10.1. The molecule has 0 amide bonds. The Kier molecular flexibility index (Phi) is 4.99. The van der Waals surface area contributed by atoms with E-state index in [1.165, 1.54) is 18.2 Å². The van der Waals surface area contributed by atoms with Gasteiger partial charge in [0, 0.05) is 0 Å². The summed E-state index contributed by atoms with van der Waals surface area (Å²) in [6.07, 6.45) is -4.75. The van der Waals surface area contributed by atoms with Crippen molar-refractivity contribution in [2.75, 3.05) is 0 Å². The number of aliphatic hydroxyl groups is 2. The van der Waals surface area contributed by atoms with Gasteiger partial charge in [-0.15, -0.1) is 0 Å². The van der Waals surface area contributed by atoms with Crippen molar-refractivity contribution in [2.24, 2.45) is 0 Å². The Bertz CT molecular complexity index is 514. The summed E-state index contributed by atoms with van der Waals surface area (Å²) in [6, 6.07) is 5.67. The Hall–Kier alpha value is -1.96. The van der Waals surface area contributed by atoms with Crippen molar-refractivity contribution in [1.82, 2.24) is 0 Å². The van der Waals surface area contributed by atoms with Crippen LogP contribution in [0.4, 0.5) is 0 Å². The molecule has 2 atom stereocenters. The van der Waals surface area contributed by atoms with Crippen molar-refractivity contribution in [2.45, 2.75) is 12.2 Å². The number of carboxylic acids is 1. The predicted octanol–water partition coefficient (Wildman–Crippen LogP) is -0.170. The molecule has 0 fully saturated rings. The fourth-order valence-corrected chi connectivity index (χ4v) is 1.31. The van der Waals surface area contributed by atoms with E-state index in [4.69, 9.17) is 26.9 Å². The predicted molar refractivity (Wildman–Crippen MR) is 61.5 cm³/mol. The molecule has 2 unspecified atom stereocenters. The highest BCUT2D eigenvalue weighted by Crippen LogP contribution is 2.16. The van der Waals surface area contributed by atoms with Gasteiger partial charge >= 0.3 is 17.9 Å².